The van der Waals surface area contributed by atoms with Crippen molar-refractivity contribution in [2.45, 2.75) is 0 Å². The van der Waals surface area contributed by atoms with Gasteiger partial charge in [0.2, 0.25) is 0 Å². The van der Waals surface area contributed by atoms with Crippen LogP contribution in [-0.4, -0.2) is 39.9 Å². The minimum absolute atomic E-state index is 0.0382. The summed E-state index contributed by atoms with van der Waals surface area (Å²) in [6.45, 7) is 0.357. The molecule has 0 aliphatic carbocycles. The predicted molar refractivity (Wildman–Crippen MR) is 78.1 cm³/mol. The minimum Gasteiger partial charge on any atom is -0.384 e. The molecule has 1 aromatic rings. The lowest BCUT2D eigenvalue weighted by Crippen LogP contribution is -2.27. The molecular weight excluding hydrogens is 318 g/mol. The van der Waals surface area contributed by atoms with Crippen LogP contribution in [0, 0.1) is 5.41 Å². The third kappa shape index (κ3) is 4.30. The molecule has 3 N–H and O–H groups in total. The van der Waals surface area contributed by atoms with E-state index in [-0.39, 0.29) is 11.6 Å². The highest BCUT2D eigenvalue weighted by Gasteiger charge is 2.12. The maximum atomic E-state index is 11.1. The fraction of sp³-hybridized carbons (Fsp3) is 0.364. The first kappa shape index (κ1) is 15.0. The number of amidine groups is 1. The highest BCUT2D eigenvalue weighted by atomic mass is 79.9. The molecule has 18 heavy (non-hydrogen) atoms. The summed E-state index contributed by atoms with van der Waals surface area (Å²) in [5, 5.41) is 7.51. The van der Waals surface area contributed by atoms with Crippen LogP contribution in [0.3, 0.4) is 0 Å². The second-order valence-corrected chi connectivity index (χ2v) is 7.30. The normalized spacial score (nSPS) is 11.3. The Balaban J connectivity index is 3.00. The van der Waals surface area contributed by atoms with Crippen molar-refractivity contribution in [1.29, 1.82) is 5.41 Å². The Bertz CT molecular complexity index is 557. The largest absolute Gasteiger partial charge is 0.384 e. The molecule has 0 aliphatic heterocycles. The number of rotatable bonds is 5. The lowest BCUT2D eigenvalue weighted by Gasteiger charge is -2.22. The molecule has 100 valence electrons. The number of benzene rings is 1. The van der Waals surface area contributed by atoms with Gasteiger partial charge in [-0.15, -0.1) is 0 Å². The van der Waals surface area contributed by atoms with Crippen molar-refractivity contribution in [3.05, 3.63) is 28.2 Å². The third-order valence-corrected chi connectivity index (χ3v) is 3.88. The summed E-state index contributed by atoms with van der Waals surface area (Å²) in [7, 11) is -1.23. The molecule has 0 fully saturated rings. The van der Waals surface area contributed by atoms with Crippen molar-refractivity contribution in [1.82, 2.24) is 0 Å². The zero-order chi connectivity index (χ0) is 13.9. The van der Waals surface area contributed by atoms with E-state index >= 15 is 0 Å². The van der Waals surface area contributed by atoms with E-state index in [1.54, 1.807) is 24.1 Å². The van der Waals surface area contributed by atoms with E-state index in [1.807, 2.05) is 6.07 Å². The van der Waals surface area contributed by atoms with Crippen LogP contribution in [0.25, 0.3) is 0 Å². The number of anilines is 1. The van der Waals surface area contributed by atoms with Crippen molar-refractivity contribution in [2.24, 2.45) is 5.73 Å². The van der Waals surface area contributed by atoms with Crippen LogP contribution in [0.15, 0.2) is 22.7 Å². The van der Waals surface area contributed by atoms with Gasteiger partial charge in [0.05, 0.1) is 5.75 Å². The minimum atomic E-state index is -3.01. The van der Waals surface area contributed by atoms with E-state index < -0.39 is 9.84 Å². The van der Waals surface area contributed by atoms with Crippen LogP contribution in [-0.2, 0) is 9.84 Å². The average molecular weight is 334 g/mol. The Morgan fingerprint density at radius 3 is 2.61 bits per heavy atom. The number of halogens is 1. The Morgan fingerprint density at radius 2 is 2.11 bits per heavy atom. The van der Waals surface area contributed by atoms with E-state index in [0.29, 0.717) is 12.1 Å². The molecule has 0 radical (unpaired) electrons. The summed E-state index contributed by atoms with van der Waals surface area (Å²) in [6, 6.07) is 5.35. The zero-order valence-corrected chi connectivity index (χ0v) is 12.7. The van der Waals surface area contributed by atoms with Crippen molar-refractivity contribution in [3.8, 4) is 0 Å². The van der Waals surface area contributed by atoms with E-state index in [2.05, 4.69) is 15.9 Å². The SMILES string of the molecule is CN(CCS(C)(=O)=O)c1cc(Br)ccc1C(=N)N. The third-order valence-electron chi connectivity index (χ3n) is 2.46. The first-order chi connectivity index (χ1) is 8.20. The predicted octanol–water partition coefficient (Wildman–Crippen LogP) is 1.21. The number of nitrogens with one attached hydrogen (secondary N) is 1. The van der Waals surface area contributed by atoms with Crippen LogP contribution in [0.2, 0.25) is 0 Å². The van der Waals surface area contributed by atoms with Crippen LogP contribution >= 0.6 is 15.9 Å². The number of hydrogen-bond donors (Lipinski definition) is 2. The average Bonchev–Trinajstić information content (AvgIpc) is 2.24. The van der Waals surface area contributed by atoms with Crippen molar-refractivity contribution in [2.75, 3.05) is 30.5 Å². The van der Waals surface area contributed by atoms with Gasteiger partial charge in [-0.25, -0.2) is 8.42 Å². The van der Waals surface area contributed by atoms with Gasteiger partial charge in [-0.05, 0) is 18.2 Å². The number of nitrogen functional groups attached to an aromatic ring is 1. The Kier molecular flexibility index (Phi) is 4.75. The van der Waals surface area contributed by atoms with E-state index in [9.17, 15) is 8.42 Å². The lowest BCUT2D eigenvalue weighted by molar-refractivity contribution is 0.601. The van der Waals surface area contributed by atoms with Crippen molar-refractivity contribution < 1.29 is 8.42 Å². The second-order valence-electron chi connectivity index (χ2n) is 4.13. The summed E-state index contributed by atoms with van der Waals surface area (Å²) in [4.78, 5) is 1.78. The molecule has 0 bridgehead atoms. The monoisotopic (exact) mass is 333 g/mol. The molecule has 0 unspecified atom stereocenters. The Labute approximate surface area is 116 Å². The Hall–Kier alpha value is -1.08. The molecule has 0 atom stereocenters. The number of sulfone groups is 1. The standard InChI is InChI=1S/C11H16BrN3O2S/c1-15(5-6-18(2,16)17)10-7-8(12)3-4-9(10)11(13)14/h3-4,7H,5-6H2,1-2H3,(H3,13,14). The van der Waals surface area contributed by atoms with Gasteiger partial charge < -0.3 is 10.6 Å². The van der Waals surface area contributed by atoms with Crippen molar-refractivity contribution >= 4 is 37.3 Å². The van der Waals surface area contributed by atoms with Crippen LogP contribution in [0.4, 0.5) is 5.69 Å². The molecule has 0 saturated heterocycles. The molecule has 0 aromatic heterocycles. The lowest BCUT2D eigenvalue weighted by atomic mass is 10.1. The smallest absolute Gasteiger partial charge is 0.149 e. The number of nitrogens with two attached hydrogens (primary N) is 1. The summed E-state index contributed by atoms with van der Waals surface area (Å²) in [5.74, 6) is 0.0246. The zero-order valence-electron chi connectivity index (χ0n) is 10.3. The maximum absolute atomic E-state index is 11.1. The molecule has 0 aliphatic rings. The van der Waals surface area contributed by atoms with Gasteiger partial charge >= 0.3 is 0 Å². The molecule has 5 nitrogen and oxygen atoms in total. The number of nitrogens with zero attached hydrogens (tertiary/aromatic N) is 1. The summed E-state index contributed by atoms with van der Waals surface area (Å²) < 4.78 is 23.2. The fourth-order valence-electron chi connectivity index (χ4n) is 1.47. The van der Waals surface area contributed by atoms with Crippen LogP contribution in [0.1, 0.15) is 5.56 Å². The molecule has 0 spiro atoms. The molecule has 0 heterocycles. The van der Waals surface area contributed by atoms with Crippen LogP contribution < -0.4 is 10.6 Å². The summed E-state index contributed by atoms with van der Waals surface area (Å²) >= 11 is 3.35. The van der Waals surface area contributed by atoms with Gasteiger partial charge in [0.15, 0.2) is 0 Å². The van der Waals surface area contributed by atoms with E-state index in [1.165, 1.54) is 6.26 Å². The van der Waals surface area contributed by atoms with Gasteiger partial charge in [0.1, 0.15) is 15.7 Å². The molecule has 0 amide bonds. The van der Waals surface area contributed by atoms with E-state index in [4.69, 9.17) is 11.1 Å². The summed E-state index contributed by atoms with van der Waals surface area (Å²) in [6.07, 6.45) is 1.20. The topological polar surface area (TPSA) is 87.2 Å². The maximum Gasteiger partial charge on any atom is 0.149 e. The fourth-order valence-corrected chi connectivity index (χ4v) is 2.43. The molecule has 1 rings (SSSR count). The van der Waals surface area contributed by atoms with Gasteiger partial charge in [-0.3, -0.25) is 5.41 Å². The van der Waals surface area contributed by atoms with Crippen molar-refractivity contribution in [3.63, 3.8) is 0 Å². The highest BCUT2D eigenvalue weighted by molar-refractivity contribution is 9.10. The molecule has 7 heteroatoms. The second kappa shape index (κ2) is 5.71. The number of hydrogen-bond acceptors (Lipinski definition) is 4. The van der Waals surface area contributed by atoms with Crippen LogP contribution in [0.5, 0.6) is 0 Å². The molecule has 0 saturated carbocycles. The van der Waals surface area contributed by atoms with Gasteiger partial charge in [0.25, 0.3) is 0 Å². The highest BCUT2D eigenvalue weighted by Crippen LogP contribution is 2.24. The van der Waals surface area contributed by atoms with Gasteiger partial charge in [-0.2, -0.15) is 0 Å². The van der Waals surface area contributed by atoms with Gasteiger partial charge in [0, 0.05) is 35.6 Å². The molecule has 1 aromatic carbocycles. The first-order valence-electron chi connectivity index (χ1n) is 5.23. The van der Waals surface area contributed by atoms with Gasteiger partial charge in [-0.1, -0.05) is 15.9 Å². The van der Waals surface area contributed by atoms with E-state index in [0.717, 1.165) is 10.2 Å². The first-order valence-corrected chi connectivity index (χ1v) is 8.09. The quantitative estimate of drug-likeness (QED) is 0.626. The summed E-state index contributed by atoms with van der Waals surface area (Å²) in [5.41, 5.74) is 6.84. The Morgan fingerprint density at radius 1 is 1.50 bits per heavy atom. The molecular formula is C11H16BrN3O2S.